The Morgan fingerprint density at radius 2 is 1.87 bits per heavy atom. The number of amides is 1. The number of hydrogen-bond donors (Lipinski definition) is 1. The number of hydrogen-bond acceptors (Lipinski definition) is 4. The van der Waals surface area contributed by atoms with Crippen LogP contribution >= 0.6 is 24.0 Å². The van der Waals surface area contributed by atoms with E-state index >= 15 is 0 Å². The van der Waals surface area contributed by atoms with Crippen LogP contribution in [-0.4, -0.2) is 66.3 Å². The molecule has 0 radical (unpaired) electrons. The zero-order valence-corrected chi connectivity index (χ0v) is 19.7. The number of guanidine groups is 1. The van der Waals surface area contributed by atoms with Crippen molar-refractivity contribution >= 4 is 47.2 Å². The topological polar surface area (TPSA) is 69.0 Å². The molecule has 1 N–H and O–H groups in total. The molecule has 0 aliphatic carbocycles. The Kier molecular flexibility index (Phi) is 7.35. The van der Waals surface area contributed by atoms with E-state index in [4.69, 9.17) is 0 Å². The molecule has 0 spiro atoms. The number of piperazine rings is 1. The van der Waals surface area contributed by atoms with Gasteiger partial charge in [0.05, 0.1) is 11.9 Å². The summed E-state index contributed by atoms with van der Waals surface area (Å²) in [6, 6.07) is 8.59. The molecule has 2 aromatic rings. The number of aliphatic imine (C=N–C) groups is 1. The molecule has 3 heterocycles. The van der Waals surface area contributed by atoms with E-state index in [0.29, 0.717) is 19.6 Å². The van der Waals surface area contributed by atoms with Gasteiger partial charge < -0.3 is 20.0 Å². The van der Waals surface area contributed by atoms with Crippen LogP contribution < -0.4 is 15.1 Å². The van der Waals surface area contributed by atoms with Crippen molar-refractivity contribution < 1.29 is 4.79 Å². The molecule has 9 heteroatoms. The second kappa shape index (κ2) is 9.96. The highest BCUT2D eigenvalue weighted by molar-refractivity contribution is 14.0. The number of rotatable bonds is 4. The highest BCUT2D eigenvalue weighted by atomic mass is 127. The molecule has 160 valence electrons. The van der Waals surface area contributed by atoms with Gasteiger partial charge in [-0.2, -0.15) is 5.10 Å². The van der Waals surface area contributed by atoms with E-state index in [9.17, 15) is 4.79 Å². The van der Waals surface area contributed by atoms with Gasteiger partial charge >= 0.3 is 0 Å². The third-order valence-electron chi connectivity index (χ3n) is 5.31. The SMILES string of the molecule is CN=C(NCc1ccc(N2CC=CC2)cc1)N1CCN(c2cnn(C)c2)C(=O)C1.I. The highest BCUT2D eigenvalue weighted by Crippen LogP contribution is 2.18. The van der Waals surface area contributed by atoms with Gasteiger partial charge in [-0.3, -0.25) is 14.5 Å². The molecule has 2 aliphatic rings. The van der Waals surface area contributed by atoms with Gasteiger partial charge in [-0.25, -0.2) is 0 Å². The fourth-order valence-electron chi connectivity index (χ4n) is 3.70. The number of benzene rings is 1. The number of aromatic nitrogens is 2. The van der Waals surface area contributed by atoms with Crippen molar-refractivity contribution in [3.63, 3.8) is 0 Å². The predicted octanol–water partition coefficient (Wildman–Crippen LogP) is 1.84. The summed E-state index contributed by atoms with van der Waals surface area (Å²) >= 11 is 0. The first kappa shape index (κ1) is 22.1. The average molecular weight is 521 g/mol. The lowest BCUT2D eigenvalue weighted by atomic mass is 10.2. The molecule has 8 nitrogen and oxygen atoms in total. The maximum atomic E-state index is 12.6. The molecule has 4 rings (SSSR count). The van der Waals surface area contributed by atoms with Gasteiger partial charge in [0.15, 0.2) is 5.96 Å². The number of nitrogens with zero attached hydrogens (tertiary/aromatic N) is 6. The maximum absolute atomic E-state index is 12.6. The molecule has 0 atom stereocenters. The monoisotopic (exact) mass is 521 g/mol. The van der Waals surface area contributed by atoms with Crippen molar-refractivity contribution in [2.75, 3.05) is 49.6 Å². The Morgan fingerprint density at radius 3 is 2.47 bits per heavy atom. The number of nitrogens with one attached hydrogen (secondary N) is 1. The molecule has 1 fully saturated rings. The van der Waals surface area contributed by atoms with Crippen molar-refractivity contribution in [3.05, 3.63) is 54.4 Å². The Hall–Kier alpha value is -2.56. The van der Waals surface area contributed by atoms with E-state index in [2.05, 4.69) is 56.7 Å². The smallest absolute Gasteiger partial charge is 0.246 e. The Bertz CT molecular complexity index is 914. The predicted molar refractivity (Wildman–Crippen MR) is 131 cm³/mol. The molecule has 30 heavy (non-hydrogen) atoms. The van der Waals surface area contributed by atoms with Crippen LogP contribution in [0, 0.1) is 0 Å². The molecule has 1 aromatic carbocycles. The van der Waals surface area contributed by atoms with Crippen LogP contribution in [0.5, 0.6) is 0 Å². The van der Waals surface area contributed by atoms with E-state index in [-0.39, 0.29) is 29.9 Å². The standard InChI is InChI=1S/C21H27N7O.HI/c1-22-21(23-13-17-5-7-18(8-6-17)26-9-3-4-10-26)27-11-12-28(20(29)16-27)19-14-24-25(2)15-19;/h3-8,14-15H,9-13,16H2,1-2H3,(H,22,23);1H. The molecule has 0 bridgehead atoms. The van der Waals surface area contributed by atoms with E-state index in [0.717, 1.165) is 31.3 Å². The normalized spacial score (nSPS) is 16.8. The van der Waals surface area contributed by atoms with E-state index in [1.807, 2.05) is 18.1 Å². The fraction of sp³-hybridized carbons (Fsp3) is 0.381. The number of carbonyl (C=O) groups is 1. The van der Waals surface area contributed by atoms with Crippen molar-refractivity contribution in [2.24, 2.45) is 12.0 Å². The lowest BCUT2D eigenvalue weighted by molar-refractivity contribution is -0.120. The summed E-state index contributed by atoms with van der Waals surface area (Å²) < 4.78 is 1.71. The van der Waals surface area contributed by atoms with Gasteiger partial charge in [0.25, 0.3) is 0 Å². The van der Waals surface area contributed by atoms with E-state index < -0.39 is 0 Å². The molecule has 1 amide bonds. The van der Waals surface area contributed by atoms with Crippen molar-refractivity contribution in [1.29, 1.82) is 0 Å². The van der Waals surface area contributed by atoms with Gasteiger partial charge in [0, 0.05) is 58.7 Å². The van der Waals surface area contributed by atoms with Crippen molar-refractivity contribution in [3.8, 4) is 0 Å². The van der Waals surface area contributed by atoms with Gasteiger partial charge in [0.1, 0.15) is 6.54 Å². The zero-order chi connectivity index (χ0) is 20.2. The first-order valence-corrected chi connectivity index (χ1v) is 9.87. The Morgan fingerprint density at radius 1 is 1.13 bits per heavy atom. The number of anilines is 2. The molecular formula is C21H28IN7O. The quantitative estimate of drug-likeness (QED) is 0.288. The van der Waals surface area contributed by atoms with E-state index in [1.54, 1.807) is 22.8 Å². The molecule has 1 aromatic heterocycles. The van der Waals surface area contributed by atoms with Crippen LogP contribution in [0.15, 0.2) is 53.8 Å². The molecule has 0 unspecified atom stereocenters. The summed E-state index contributed by atoms with van der Waals surface area (Å²) in [4.78, 5) is 23.1. The minimum Gasteiger partial charge on any atom is -0.364 e. The number of carbonyl (C=O) groups excluding carboxylic acids is 1. The molecule has 1 saturated heterocycles. The second-order valence-corrected chi connectivity index (χ2v) is 7.28. The Labute approximate surface area is 194 Å². The summed E-state index contributed by atoms with van der Waals surface area (Å²) in [7, 11) is 3.61. The first-order valence-electron chi connectivity index (χ1n) is 9.87. The number of aryl methyl sites for hydroxylation is 1. The summed E-state index contributed by atoms with van der Waals surface area (Å²) in [5, 5.41) is 7.54. The minimum atomic E-state index is 0. The largest absolute Gasteiger partial charge is 0.364 e. The van der Waals surface area contributed by atoms with Gasteiger partial charge in [0.2, 0.25) is 5.91 Å². The zero-order valence-electron chi connectivity index (χ0n) is 17.4. The van der Waals surface area contributed by atoms with Crippen molar-refractivity contribution in [1.82, 2.24) is 20.0 Å². The minimum absolute atomic E-state index is 0. The molecule has 2 aliphatic heterocycles. The molecule has 0 saturated carbocycles. The van der Waals surface area contributed by atoms with Crippen LogP contribution in [0.3, 0.4) is 0 Å². The highest BCUT2D eigenvalue weighted by Gasteiger charge is 2.27. The maximum Gasteiger partial charge on any atom is 0.246 e. The number of halogens is 1. The van der Waals surface area contributed by atoms with Crippen LogP contribution in [0.25, 0.3) is 0 Å². The van der Waals surface area contributed by atoms with Crippen molar-refractivity contribution in [2.45, 2.75) is 6.54 Å². The summed E-state index contributed by atoms with van der Waals surface area (Å²) in [5.41, 5.74) is 3.26. The summed E-state index contributed by atoms with van der Waals surface area (Å²) in [5.74, 6) is 0.799. The van der Waals surface area contributed by atoms with Gasteiger partial charge in [-0.05, 0) is 17.7 Å². The second-order valence-electron chi connectivity index (χ2n) is 7.28. The third kappa shape index (κ3) is 4.94. The lowest BCUT2D eigenvalue weighted by Gasteiger charge is -2.35. The lowest BCUT2D eigenvalue weighted by Crippen LogP contribution is -2.55. The van der Waals surface area contributed by atoms with Gasteiger partial charge in [-0.1, -0.05) is 24.3 Å². The summed E-state index contributed by atoms with van der Waals surface area (Å²) in [6.45, 7) is 4.26. The van der Waals surface area contributed by atoms with Gasteiger partial charge in [-0.15, -0.1) is 24.0 Å². The summed E-state index contributed by atoms with van der Waals surface area (Å²) in [6.07, 6.45) is 7.97. The van der Waals surface area contributed by atoms with Crippen LogP contribution in [0.1, 0.15) is 5.56 Å². The molecular weight excluding hydrogens is 493 g/mol. The first-order chi connectivity index (χ1) is 14.1. The Balaban J connectivity index is 0.00000256. The van der Waals surface area contributed by atoms with Crippen LogP contribution in [-0.2, 0) is 18.4 Å². The van der Waals surface area contributed by atoms with Crippen LogP contribution in [0.2, 0.25) is 0 Å². The third-order valence-corrected chi connectivity index (χ3v) is 5.31. The van der Waals surface area contributed by atoms with E-state index in [1.165, 1.54) is 11.3 Å². The fourth-order valence-corrected chi connectivity index (χ4v) is 3.70. The average Bonchev–Trinajstić information content (AvgIpc) is 3.41. The van der Waals surface area contributed by atoms with Crippen LogP contribution in [0.4, 0.5) is 11.4 Å².